The van der Waals surface area contributed by atoms with Crippen molar-refractivity contribution in [2.24, 2.45) is 0 Å². The highest BCUT2D eigenvalue weighted by Crippen LogP contribution is 2.07. The molecule has 1 aliphatic rings. The van der Waals surface area contributed by atoms with Gasteiger partial charge in [-0.1, -0.05) is 30.3 Å². The van der Waals surface area contributed by atoms with Gasteiger partial charge in [-0.15, -0.1) is 12.4 Å². The third-order valence-corrected chi connectivity index (χ3v) is 3.13. The number of hydrogen-bond acceptors (Lipinski definition) is 3. The van der Waals surface area contributed by atoms with Gasteiger partial charge in [0.15, 0.2) is 0 Å². The zero-order chi connectivity index (χ0) is 12.8. The maximum absolute atomic E-state index is 12.3. The van der Waals surface area contributed by atoms with E-state index in [2.05, 4.69) is 5.32 Å². The second kappa shape index (κ2) is 8.15. The molecule has 19 heavy (non-hydrogen) atoms. The molecule has 0 radical (unpaired) electrons. The fourth-order valence-electron chi connectivity index (χ4n) is 2.09. The average Bonchev–Trinajstić information content (AvgIpc) is 2.46. The normalized spacial score (nSPS) is 18.5. The van der Waals surface area contributed by atoms with Crippen LogP contribution in [0.2, 0.25) is 0 Å². The van der Waals surface area contributed by atoms with E-state index in [1.54, 1.807) is 0 Å². The molecule has 4 nitrogen and oxygen atoms in total. The van der Waals surface area contributed by atoms with Crippen LogP contribution in [0.1, 0.15) is 12.5 Å². The molecule has 1 aromatic rings. The van der Waals surface area contributed by atoms with E-state index < -0.39 is 0 Å². The van der Waals surface area contributed by atoms with E-state index >= 15 is 0 Å². The summed E-state index contributed by atoms with van der Waals surface area (Å²) in [5.74, 6) is 0.126. The van der Waals surface area contributed by atoms with Crippen molar-refractivity contribution in [3.8, 4) is 0 Å². The average molecular weight is 285 g/mol. The van der Waals surface area contributed by atoms with Crippen LogP contribution in [-0.4, -0.2) is 43.2 Å². The maximum atomic E-state index is 12.3. The smallest absolute Gasteiger partial charge is 0.242 e. The van der Waals surface area contributed by atoms with Crippen LogP contribution in [-0.2, 0) is 16.1 Å². The van der Waals surface area contributed by atoms with E-state index in [0.29, 0.717) is 26.3 Å². The predicted molar refractivity (Wildman–Crippen MR) is 77.4 cm³/mol. The molecule has 1 saturated heterocycles. The summed E-state index contributed by atoms with van der Waals surface area (Å²) >= 11 is 0. The Morgan fingerprint density at radius 3 is 2.74 bits per heavy atom. The molecule has 0 bridgehead atoms. The summed E-state index contributed by atoms with van der Waals surface area (Å²) in [5, 5.41) is 3.20. The van der Waals surface area contributed by atoms with Gasteiger partial charge < -0.3 is 15.0 Å². The first-order valence-corrected chi connectivity index (χ1v) is 6.45. The van der Waals surface area contributed by atoms with E-state index in [9.17, 15) is 4.79 Å². The molecule has 1 amide bonds. The van der Waals surface area contributed by atoms with Crippen LogP contribution < -0.4 is 5.32 Å². The van der Waals surface area contributed by atoms with Gasteiger partial charge in [0.05, 0.1) is 13.2 Å². The molecule has 2 rings (SSSR count). The first-order valence-electron chi connectivity index (χ1n) is 6.45. The van der Waals surface area contributed by atoms with Gasteiger partial charge in [0, 0.05) is 19.6 Å². The summed E-state index contributed by atoms with van der Waals surface area (Å²) in [6.07, 6.45) is 0. The van der Waals surface area contributed by atoms with Crippen LogP contribution in [0.25, 0.3) is 0 Å². The Balaban J connectivity index is 0.00000180. The summed E-state index contributed by atoms with van der Waals surface area (Å²) < 4.78 is 5.34. The molecule has 1 unspecified atom stereocenters. The topological polar surface area (TPSA) is 41.6 Å². The molecule has 0 spiro atoms. The Morgan fingerprint density at radius 1 is 1.42 bits per heavy atom. The van der Waals surface area contributed by atoms with E-state index in [1.807, 2.05) is 42.2 Å². The highest BCUT2D eigenvalue weighted by molar-refractivity contribution is 5.85. The minimum absolute atomic E-state index is 0. The van der Waals surface area contributed by atoms with Crippen LogP contribution in [0.5, 0.6) is 0 Å². The van der Waals surface area contributed by atoms with Crippen LogP contribution in [0, 0.1) is 0 Å². The van der Waals surface area contributed by atoms with Gasteiger partial charge in [-0.25, -0.2) is 0 Å². The Hall–Kier alpha value is -1.10. The first kappa shape index (κ1) is 16.0. The Morgan fingerprint density at radius 2 is 2.16 bits per heavy atom. The number of hydrogen-bond donors (Lipinski definition) is 1. The lowest BCUT2D eigenvalue weighted by Crippen LogP contribution is -2.52. The highest BCUT2D eigenvalue weighted by Gasteiger charge is 2.25. The molecule has 0 aliphatic carbocycles. The van der Waals surface area contributed by atoms with Gasteiger partial charge in [0.2, 0.25) is 5.91 Å². The minimum Gasteiger partial charge on any atom is -0.378 e. The number of nitrogens with zero attached hydrogens (tertiary/aromatic N) is 1. The maximum Gasteiger partial charge on any atom is 0.242 e. The van der Waals surface area contributed by atoms with Gasteiger partial charge in [0.25, 0.3) is 0 Å². The van der Waals surface area contributed by atoms with Crippen LogP contribution in [0.3, 0.4) is 0 Å². The fraction of sp³-hybridized carbons (Fsp3) is 0.500. The third-order valence-electron chi connectivity index (χ3n) is 3.13. The number of carbonyl (C=O) groups is 1. The molecule has 106 valence electrons. The zero-order valence-corrected chi connectivity index (χ0v) is 12.0. The monoisotopic (exact) mass is 284 g/mol. The van der Waals surface area contributed by atoms with Gasteiger partial charge >= 0.3 is 0 Å². The second-order valence-electron chi connectivity index (χ2n) is 4.42. The number of ether oxygens (including phenoxy) is 1. The van der Waals surface area contributed by atoms with Crippen LogP contribution in [0.4, 0.5) is 0 Å². The SMILES string of the molecule is CCN(Cc1ccccc1)C(=O)C1COCCN1.Cl. The highest BCUT2D eigenvalue weighted by atomic mass is 35.5. The standard InChI is InChI=1S/C14H20N2O2.ClH/c1-2-16(10-12-6-4-3-5-7-12)14(17)13-11-18-9-8-15-13;/h3-7,13,15H,2,8-11H2,1H3;1H. The van der Waals surface area contributed by atoms with E-state index in [4.69, 9.17) is 4.74 Å². The van der Waals surface area contributed by atoms with E-state index in [0.717, 1.165) is 12.1 Å². The van der Waals surface area contributed by atoms with Crippen molar-refractivity contribution < 1.29 is 9.53 Å². The summed E-state index contributed by atoms with van der Waals surface area (Å²) in [6, 6.07) is 9.87. The van der Waals surface area contributed by atoms with Crippen molar-refractivity contribution >= 4 is 18.3 Å². The number of likely N-dealkylation sites (N-methyl/N-ethyl adjacent to an activating group) is 1. The summed E-state index contributed by atoms with van der Waals surface area (Å²) in [4.78, 5) is 14.2. The van der Waals surface area contributed by atoms with Crippen molar-refractivity contribution in [1.82, 2.24) is 10.2 Å². The van der Waals surface area contributed by atoms with Crippen molar-refractivity contribution in [1.29, 1.82) is 0 Å². The van der Waals surface area contributed by atoms with Gasteiger partial charge in [-0.2, -0.15) is 0 Å². The van der Waals surface area contributed by atoms with E-state index in [1.165, 1.54) is 0 Å². The minimum atomic E-state index is -0.192. The summed E-state index contributed by atoms with van der Waals surface area (Å²) in [7, 11) is 0. The molecular formula is C14H21ClN2O2. The van der Waals surface area contributed by atoms with Gasteiger partial charge in [-0.3, -0.25) is 4.79 Å². The molecule has 0 saturated carbocycles. The molecule has 1 heterocycles. The fourth-order valence-corrected chi connectivity index (χ4v) is 2.09. The predicted octanol–water partition coefficient (Wildman–Crippen LogP) is 1.45. The Bertz CT molecular complexity index is 380. The molecule has 1 fully saturated rings. The second-order valence-corrected chi connectivity index (χ2v) is 4.42. The van der Waals surface area contributed by atoms with Crippen molar-refractivity contribution in [3.05, 3.63) is 35.9 Å². The zero-order valence-electron chi connectivity index (χ0n) is 11.2. The van der Waals surface area contributed by atoms with Crippen molar-refractivity contribution in [3.63, 3.8) is 0 Å². The number of nitrogens with one attached hydrogen (secondary N) is 1. The molecule has 0 aromatic heterocycles. The van der Waals surface area contributed by atoms with Crippen LogP contribution in [0.15, 0.2) is 30.3 Å². The van der Waals surface area contributed by atoms with Crippen LogP contribution >= 0.6 is 12.4 Å². The number of halogens is 1. The largest absolute Gasteiger partial charge is 0.378 e. The molecule has 1 aromatic carbocycles. The van der Waals surface area contributed by atoms with Crippen molar-refractivity contribution in [2.75, 3.05) is 26.3 Å². The first-order chi connectivity index (χ1) is 8.81. The molecule has 5 heteroatoms. The lowest BCUT2D eigenvalue weighted by atomic mass is 10.2. The van der Waals surface area contributed by atoms with Crippen molar-refractivity contribution in [2.45, 2.75) is 19.5 Å². The number of benzene rings is 1. The number of amides is 1. The van der Waals surface area contributed by atoms with Gasteiger partial charge in [-0.05, 0) is 12.5 Å². The lowest BCUT2D eigenvalue weighted by molar-refractivity contribution is -0.136. The lowest BCUT2D eigenvalue weighted by Gasteiger charge is -2.29. The quantitative estimate of drug-likeness (QED) is 0.910. The molecule has 1 N–H and O–H groups in total. The molecule has 1 aliphatic heterocycles. The Kier molecular flexibility index (Phi) is 6.84. The Labute approximate surface area is 120 Å². The summed E-state index contributed by atoms with van der Waals surface area (Å²) in [6.45, 7) is 5.29. The number of rotatable bonds is 4. The van der Waals surface area contributed by atoms with E-state index in [-0.39, 0.29) is 24.4 Å². The third kappa shape index (κ3) is 4.49. The molecule has 1 atom stereocenters. The van der Waals surface area contributed by atoms with Gasteiger partial charge in [0.1, 0.15) is 6.04 Å². The summed E-state index contributed by atoms with van der Waals surface area (Å²) in [5.41, 5.74) is 1.16. The molecular weight excluding hydrogens is 264 g/mol. The number of morpholine rings is 1. The number of carbonyl (C=O) groups excluding carboxylic acids is 1.